The molecule has 3 N–H and O–H groups in total. The Morgan fingerprint density at radius 1 is 1.17 bits per heavy atom. The lowest BCUT2D eigenvalue weighted by Crippen LogP contribution is -3.41. The number of aryl methyl sites for hydroxylation is 1. The largest absolute Gasteiger partial charge is 0.358 e. The van der Waals surface area contributed by atoms with Gasteiger partial charge < -0.3 is 4.98 Å². The Kier molecular flexibility index (Phi) is 2.75. The van der Waals surface area contributed by atoms with E-state index in [1.807, 2.05) is 0 Å². The lowest BCUT2D eigenvalue weighted by molar-refractivity contribution is -1.18. The standard InChI is InChI=1S/C20H25N3O/c1-4-20-11-22-9-19(3,18(20)24)10-23(12-20)17(22)16-13(2)21-15-8-6-5-7-14(15)16/h5-8,17,21H,4,9-12H2,1-3H3/p+2. The predicted octanol–water partition coefficient (Wildman–Crippen LogP) is 0.257. The fourth-order valence-corrected chi connectivity index (χ4v) is 6.27. The number of hydrogen-bond donors (Lipinski definition) is 3. The molecule has 4 aliphatic heterocycles. The summed E-state index contributed by atoms with van der Waals surface area (Å²) in [5.74, 6) is 0.555. The Hall–Kier alpha value is -1.65. The maximum atomic E-state index is 13.1. The van der Waals surface area contributed by atoms with Crippen LogP contribution in [0.2, 0.25) is 0 Å². The zero-order chi connectivity index (χ0) is 16.7. The molecule has 2 atom stereocenters. The van der Waals surface area contributed by atoms with E-state index < -0.39 is 0 Å². The van der Waals surface area contributed by atoms with Crippen molar-refractivity contribution in [1.29, 1.82) is 0 Å². The first-order chi connectivity index (χ1) is 11.5. The number of para-hydroxylation sites is 1. The average Bonchev–Trinajstić information content (AvgIpc) is 2.87. The Morgan fingerprint density at radius 3 is 2.50 bits per heavy atom. The van der Waals surface area contributed by atoms with Crippen molar-refractivity contribution < 1.29 is 14.6 Å². The van der Waals surface area contributed by atoms with Gasteiger partial charge in [0.1, 0.15) is 37.0 Å². The molecule has 0 saturated carbocycles. The number of carbonyl (C=O) groups is 1. The number of H-pyrrole nitrogens is 1. The van der Waals surface area contributed by atoms with Crippen molar-refractivity contribution in [2.75, 3.05) is 26.2 Å². The summed E-state index contributed by atoms with van der Waals surface area (Å²) >= 11 is 0. The highest BCUT2D eigenvalue weighted by Gasteiger charge is 2.69. The molecule has 4 bridgehead atoms. The van der Waals surface area contributed by atoms with Crippen molar-refractivity contribution in [2.24, 2.45) is 10.8 Å². The van der Waals surface area contributed by atoms with Crippen LogP contribution in [-0.2, 0) is 4.79 Å². The number of aromatic nitrogens is 1. The number of carbonyl (C=O) groups excluding carboxylic acids is 1. The van der Waals surface area contributed by atoms with Gasteiger partial charge in [0.25, 0.3) is 0 Å². The lowest BCUT2D eigenvalue weighted by Gasteiger charge is -2.59. The van der Waals surface area contributed by atoms with Crippen LogP contribution in [0.5, 0.6) is 0 Å². The minimum Gasteiger partial charge on any atom is -0.358 e. The summed E-state index contributed by atoms with van der Waals surface area (Å²) < 4.78 is 0. The molecule has 4 saturated heterocycles. The molecule has 4 aliphatic rings. The minimum atomic E-state index is -0.117. The third kappa shape index (κ3) is 1.63. The van der Waals surface area contributed by atoms with E-state index in [2.05, 4.69) is 50.0 Å². The zero-order valence-electron chi connectivity index (χ0n) is 14.8. The van der Waals surface area contributed by atoms with Crippen LogP contribution < -0.4 is 9.80 Å². The molecule has 126 valence electrons. The smallest absolute Gasteiger partial charge is 0.242 e. The van der Waals surface area contributed by atoms with Gasteiger partial charge >= 0.3 is 0 Å². The summed E-state index contributed by atoms with van der Waals surface area (Å²) in [7, 11) is 0. The molecule has 0 radical (unpaired) electrons. The normalized spacial score (nSPS) is 40.6. The topological polar surface area (TPSA) is 41.7 Å². The van der Waals surface area contributed by atoms with Gasteiger partial charge in [-0.1, -0.05) is 25.1 Å². The first-order valence-corrected chi connectivity index (χ1v) is 9.29. The van der Waals surface area contributed by atoms with E-state index in [9.17, 15) is 4.79 Å². The summed E-state index contributed by atoms with van der Waals surface area (Å²) in [5, 5.41) is 1.37. The average molecular weight is 325 g/mol. The number of ketones is 1. The van der Waals surface area contributed by atoms with E-state index in [0.29, 0.717) is 11.9 Å². The van der Waals surface area contributed by atoms with Gasteiger partial charge in [-0.3, -0.25) is 14.6 Å². The number of fused-ring (bicyclic) bond motifs is 1. The van der Waals surface area contributed by atoms with Gasteiger partial charge in [-0.25, -0.2) is 0 Å². The van der Waals surface area contributed by atoms with Crippen LogP contribution in [0.1, 0.15) is 37.7 Å². The van der Waals surface area contributed by atoms with Gasteiger partial charge in [0, 0.05) is 16.6 Å². The van der Waals surface area contributed by atoms with E-state index in [1.165, 1.54) is 22.2 Å². The number of hydrogen-bond acceptors (Lipinski definition) is 1. The third-order valence-corrected chi connectivity index (χ3v) is 7.12. The van der Waals surface area contributed by atoms with Crippen molar-refractivity contribution in [3.63, 3.8) is 0 Å². The van der Waals surface area contributed by atoms with E-state index >= 15 is 0 Å². The van der Waals surface area contributed by atoms with Crippen LogP contribution in [0, 0.1) is 17.8 Å². The molecule has 1 aromatic carbocycles. The van der Waals surface area contributed by atoms with E-state index in [0.717, 1.165) is 32.6 Å². The van der Waals surface area contributed by atoms with E-state index in [-0.39, 0.29) is 10.8 Å². The number of quaternary nitrogens is 2. The highest BCUT2D eigenvalue weighted by molar-refractivity contribution is 5.92. The van der Waals surface area contributed by atoms with Gasteiger partial charge in [-0.05, 0) is 26.3 Å². The van der Waals surface area contributed by atoms with Crippen LogP contribution in [0.3, 0.4) is 0 Å². The quantitative estimate of drug-likeness (QED) is 0.728. The van der Waals surface area contributed by atoms with Crippen molar-refractivity contribution in [3.8, 4) is 0 Å². The third-order valence-electron chi connectivity index (χ3n) is 7.12. The Morgan fingerprint density at radius 2 is 1.83 bits per heavy atom. The maximum absolute atomic E-state index is 13.1. The molecular formula is C20H27N3O+2. The zero-order valence-corrected chi connectivity index (χ0v) is 14.8. The molecule has 2 unspecified atom stereocenters. The molecule has 4 nitrogen and oxygen atoms in total. The van der Waals surface area contributed by atoms with Crippen LogP contribution in [-0.4, -0.2) is 36.9 Å². The lowest BCUT2D eigenvalue weighted by atomic mass is 9.60. The second-order valence-electron chi connectivity index (χ2n) is 8.69. The molecule has 2 aromatic rings. The second-order valence-corrected chi connectivity index (χ2v) is 8.69. The van der Waals surface area contributed by atoms with Crippen LogP contribution in [0.25, 0.3) is 10.9 Å². The summed E-state index contributed by atoms with van der Waals surface area (Å²) in [4.78, 5) is 19.9. The number of benzene rings is 1. The maximum Gasteiger partial charge on any atom is 0.242 e. The first kappa shape index (κ1) is 14.7. The molecular weight excluding hydrogens is 298 g/mol. The fourth-order valence-electron chi connectivity index (χ4n) is 6.27. The van der Waals surface area contributed by atoms with Crippen molar-refractivity contribution in [3.05, 3.63) is 35.5 Å². The van der Waals surface area contributed by atoms with Crippen LogP contribution in [0.15, 0.2) is 24.3 Å². The minimum absolute atomic E-state index is 0.0770. The molecule has 0 spiro atoms. The summed E-state index contributed by atoms with van der Waals surface area (Å²) in [6.07, 6.45) is 1.47. The number of aromatic amines is 1. The summed E-state index contributed by atoms with van der Waals surface area (Å²) in [6.45, 7) is 10.7. The van der Waals surface area contributed by atoms with E-state index in [1.54, 1.807) is 9.80 Å². The molecule has 5 heterocycles. The molecule has 4 fully saturated rings. The Balaban J connectivity index is 1.65. The van der Waals surface area contributed by atoms with Gasteiger partial charge in [0.15, 0.2) is 5.78 Å². The van der Waals surface area contributed by atoms with Gasteiger partial charge in [0.2, 0.25) is 6.17 Å². The number of rotatable bonds is 2. The monoisotopic (exact) mass is 325 g/mol. The molecule has 0 amide bonds. The molecule has 24 heavy (non-hydrogen) atoms. The van der Waals surface area contributed by atoms with E-state index in [4.69, 9.17) is 0 Å². The molecule has 1 aromatic heterocycles. The van der Waals surface area contributed by atoms with Crippen LogP contribution >= 0.6 is 0 Å². The van der Waals surface area contributed by atoms with Gasteiger partial charge in [-0.15, -0.1) is 0 Å². The van der Waals surface area contributed by atoms with Crippen LogP contribution in [0.4, 0.5) is 0 Å². The Labute approximate surface area is 142 Å². The number of piperidine rings is 2. The highest BCUT2D eigenvalue weighted by atomic mass is 16.1. The number of nitrogens with one attached hydrogen (secondary N) is 3. The van der Waals surface area contributed by atoms with Crippen molar-refractivity contribution >= 4 is 16.7 Å². The molecule has 4 heteroatoms. The fraction of sp³-hybridized carbons (Fsp3) is 0.550. The summed E-state index contributed by atoms with van der Waals surface area (Å²) in [5.41, 5.74) is 3.83. The summed E-state index contributed by atoms with van der Waals surface area (Å²) in [6, 6.07) is 8.67. The van der Waals surface area contributed by atoms with Gasteiger partial charge in [0.05, 0.1) is 5.56 Å². The number of Topliss-reactive ketones (excluding diaryl/α,β-unsaturated/α-hetero) is 1. The van der Waals surface area contributed by atoms with Crippen molar-refractivity contribution in [1.82, 2.24) is 4.98 Å². The van der Waals surface area contributed by atoms with Crippen molar-refractivity contribution in [2.45, 2.75) is 33.4 Å². The van der Waals surface area contributed by atoms with Gasteiger partial charge in [-0.2, -0.15) is 0 Å². The second kappa shape index (κ2) is 4.50. The first-order valence-electron chi connectivity index (χ1n) is 9.29. The Bertz CT molecular complexity index is 836. The predicted molar refractivity (Wildman–Crippen MR) is 93.0 cm³/mol. The molecule has 6 rings (SSSR count). The highest BCUT2D eigenvalue weighted by Crippen LogP contribution is 2.39. The molecule has 0 aliphatic carbocycles. The SMILES string of the molecule is CCC12C[NH+]3CC(C)(C[NH+](C1)C3c1c(C)[nH]c3ccccc13)C2=O.